The molecule has 3 aromatic rings. The monoisotopic (exact) mass is 300 g/mol. The van der Waals surface area contributed by atoms with Gasteiger partial charge in [0.1, 0.15) is 17.9 Å². The van der Waals surface area contributed by atoms with E-state index >= 15 is 0 Å². The van der Waals surface area contributed by atoms with Crippen molar-refractivity contribution >= 4 is 11.0 Å². The molecule has 0 atom stereocenters. The first-order valence-electron chi connectivity index (χ1n) is 7.09. The molecule has 7 heteroatoms. The zero-order chi connectivity index (χ0) is 15.5. The van der Waals surface area contributed by atoms with E-state index in [1.807, 2.05) is 19.1 Å². The van der Waals surface area contributed by atoms with E-state index in [2.05, 4.69) is 22.4 Å². The van der Waals surface area contributed by atoms with Crippen molar-refractivity contribution in [1.82, 2.24) is 20.2 Å². The molecule has 7 nitrogen and oxygen atoms in total. The highest BCUT2D eigenvalue weighted by Gasteiger charge is 2.08. The smallest absolute Gasteiger partial charge is 0.336 e. The van der Waals surface area contributed by atoms with E-state index in [1.165, 1.54) is 6.07 Å². The van der Waals surface area contributed by atoms with E-state index in [0.29, 0.717) is 17.2 Å². The second-order valence-corrected chi connectivity index (χ2v) is 5.01. The third-order valence-electron chi connectivity index (χ3n) is 3.33. The lowest BCUT2D eigenvalue weighted by atomic mass is 10.1. The Labute approximate surface area is 126 Å². The van der Waals surface area contributed by atoms with Crippen LogP contribution in [0.5, 0.6) is 5.75 Å². The molecule has 3 rings (SSSR count). The summed E-state index contributed by atoms with van der Waals surface area (Å²) in [6.07, 6.45) is 0.943. The van der Waals surface area contributed by atoms with Crippen LogP contribution in [0.4, 0.5) is 0 Å². The van der Waals surface area contributed by atoms with Crippen LogP contribution in [-0.2, 0) is 13.2 Å². The van der Waals surface area contributed by atoms with Gasteiger partial charge in [-0.25, -0.2) is 9.48 Å². The zero-order valence-electron chi connectivity index (χ0n) is 12.4. The number of tetrazole rings is 1. The lowest BCUT2D eigenvalue weighted by Crippen LogP contribution is -2.08. The second kappa shape index (κ2) is 5.97. The van der Waals surface area contributed by atoms with Crippen molar-refractivity contribution in [2.45, 2.75) is 33.4 Å². The van der Waals surface area contributed by atoms with Gasteiger partial charge in [0, 0.05) is 24.1 Å². The third-order valence-corrected chi connectivity index (χ3v) is 3.33. The van der Waals surface area contributed by atoms with Gasteiger partial charge in [0.05, 0.1) is 0 Å². The summed E-state index contributed by atoms with van der Waals surface area (Å²) in [5.41, 5.74) is 1.02. The number of benzene rings is 1. The number of hydrogen-bond acceptors (Lipinski definition) is 6. The summed E-state index contributed by atoms with van der Waals surface area (Å²) in [6.45, 7) is 4.94. The summed E-state index contributed by atoms with van der Waals surface area (Å²) in [5.74, 6) is 1.26. The Morgan fingerprint density at radius 1 is 1.32 bits per heavy atom. The van der Waals surface area contributed by atoms with Crippen molar-refractivity contribution in [3.8, 4) is 5.75 Å². The van der Waals surface area contributed by atoms with Gasteiger partial charge in [-0.15, -0.1) is 5.10 Å². The van der Waals surface area contributed by atoms with Crippen LogP contribution in [0.2, 0.25) is 0 Å². The Kier molecular flexibility index (Phi) is 3.86. The number of hydrogen-bond donors (Lipinski definition) is 0. The van der Waals surface area contributed by atoms with E-state index < -0.39 is 0 Å². The topological polar surface area (TPSA) is 83.0 Å². The first-order valence-corrected chi connectivity index (χ1v) is 7.09. The van der Waals surface area contributed by atoms with Gasteiger partial charge in [0.25, 0.3) is 0 Å². The Morgan fingerprint density at radius 3 is 3.00 bits per heavy atom. The van der Waals surface area contributed by atoms with Crippen LogP contribution in [0.3, 0.4) is 0 Å². The van der Waals surface area contributed by atoms with Crippen LogP contribution in [0.1, 0.15) is 24.7 Å². The number of ether oxygens (including phenoxy) is 1. The predicted octanol–water partition coefficient (Wildman–Crippen LogP) is 2.08. The van der Waals surface area contributed by atoms with Crippen molar-refractivity contribution < 1.29 is 9.15 Å². The summed E-state index contributed by atoms with van der Waals surface area (Å²) < 4.78 is 12.6. The molecule has 0 N–H and O–H groups in total. The molecule has 1 aromatic carbocycles. The van der Waals surface area contributed by atoms with Crippen molar-refractivity contribution in [2.75, 3.05) is 0 Å². The predicted molar refractivity (Wildman–Crippen MR) is 79.7 cm³/mol. The van der Waals surface area contributed by atoms with Gasteiger partial charge in [-0.2, -0.15) is 0 Å². The summed E-state index contributed by atoms with van der Waals surface area (Å²) in [6, 6.07) is 6.89. The summed E-state index contributed by atoms with van der Waals surface area (Å²) in [4.78, 5) is 11.4. The Balaban J connectivity index is 1.82. The van der Waals surface area contributed by atoms with Crippen LogP contribution >= 0.6 is 0 Å². The lowest BCUT2D eigenvalue weighted by Gasteiger charge is -2.07. The summed E-state index contributed by atoms with van der Waals surface area (Å²) in [7, 11) is 0. The Morgan fingerprint density at radius 2 is 2.18 bits per heavy atom. The Bertz CT molecular complexity index is 853. The molecule has 2 heterocycles. The van der Waals surface area contributed by atoms with E-state index in [1.54, 1.807) is 10.7 Å². The van der Waals surface area contributed by atoms with Crippen molar-refractivity contribution in [3.63, 3.8) is 0 Å². The highest BCUT2D eigenvalue weighted by atomic mass is 16.5. The van der Waals surface area contributed by atoms with Crippen LogP contribution < -0.4 is 10.4 Å². The van der Waals surface area contributed by atoms with Gasteiger partial charge < -0.3 is 9.15 Å². The number of aryl methyl sites for hydroxylation is 2. The number of fused-ring (bicyclic) bond motifs is 1. The van der Waals surface area contributed by atoms with Gasteiger partial charge >= 0.3 is 5.63 Å². The first kappa shape index (κ1) is 14.2. The maximum Gasteiger partial charge on any atom is 0.336 e. The van der Waals surface area contributed by atoms with Gasteiger partial charge in [0.2, 0.25) is 0 Å². The molecule has 114 valence electrons. The average molecular weight is 300 g/mol. The molecule has 0 bridgehead atoms. The second-order valence-electron chi connectivity index (χ2n) is 5.01. The molecule has 0 saturated heterocycles. The molecule has 0 aliphatic rings. The highest BCUT2D eigenvalue weighted by molar-refractivity contribution is 5.81. The van der Waals surface area contributed by atoms with Crippen LogP contribution in [-0.4, -0.2) is 20.2 Å². The van der Waals surface area contributed by atoms with E-state index in [-0.39, 0.29) is 12.2 Å². The maximum atomic E-state index is 11.4. The standard InChI is InChI=1S/C15H16N4O3/c1-3-6-19-14(16-17-18-19)9-21-11-4-5-12-10(2)7-15(20)22-13(12)8-11/h4-5,7-8H,3,6,9H2,1-2H3. The molecule has 22 heavy (non-hydrogen) atoms. The van der Waals surface area contributed by atoms with Crippen molar-refractivity contribution in [1.29, 1.82) is 0 Å². The molecule has 0 radical (unpaired) electrons. The van der Waals surface area contributed by atoms with Crippen molar-refractivity contribution in [3.05, 3.63) is 46.1 Å². The molecule has 0 saturated carbocycles. The van der Waals surface area contributed by atoms with E-state index in [4.69, 9.17) is 9.15 Å². The molecular formula is C15H16N4O3. The SMILES string of the molecule is CCCn1nnnc1COc1ccc2c(C)cc(=O)oc2c1. The zero-order valence-corrected chi connectivity index (χ0v) is 12.4. The third kappa shape index (κ3) is 2.83. The molecular weight excluding hydrogens is 284 g/mol. The minimum Gasteiger partial charge on any atom is -0.485 e. The maximum absolute atomic E-state index is 11.4. The van der Waals surface area contributed by atoms with E-state index in [9.17, 15) is 4.79 Å². The minimum absolute atomic E-state index is 0.258. The number of rotatable bonds is 5. The fraction of sp³-hybridized carbons (Fsp3) is 0.333. The molecule has 0 aliphatic heterocycles. The van der Waals surface area contributed by atoms with Gasteiger partial charge in [-0.3, -0.25) is 0 Å². The minimum atomic E-state index is -0.367. The van der Waals surface area contributed by atoms with Crippen LogP contribution in [0.15, 0.2) is 33.5 Å². The van der Waals surface area contributed by atoms with E-state index in [0.717, 1.165) is 23.9 Å². The fourth-order valence-electron chi connectivity index (χ4n) is 2.26. The summed E-state index contributed by atoms with van der Waals surface area (Å²) >= 11 is 0. The number of aromatic nitrogens is 4. The normalized spacial score (nSPS) is 11.0. The molecule has 0 aliphatic carbocycles. The molecule has 0 fully saturated rings. The lowest BCUT2D eigenvalue weighted by molar-refractivity contribution is 0.286. The number of nitrogens with zero attached hydrogens (tertiary/aromatic N) is 4. The average Bonchev–Trinajstić information content (AvgIpc) is 2.92. The molecule has 0 spiro atoms. The van der Waals surface area contributed by atoms with Crippen LogP contribution in [0, 0.1) is 6.92 Å². The summed E-state index contributed by atoms with van der Waals surface area (Å²) in [5, 5.41) is 12.4. The molecule has 2 aromatic heterocycles. The quantitative estimate of drug-likeness (QED) is 0.671. The van der Waals surface area contributed by atoms with Gasteiger partial charge in [0.15, 0.2) is 5.82 Å². The largest absolute Gasteiger partial charge is 0.485 e. The Hall–Kier alpha value is -2.70. The van der Waals surface area contributed by atoms with Gasteiger partial charge in [-0.05, 0) is 41.5 Å². The highest BCUT2D eigenvalue weighted by Crippen LogP contribution is 2.22. The van der Waals surface area contributed by atoms with Gasteiger partial charge in [-0.1, -0.05) is 6.92 Å². The van der Waals surface area contributed by atoms with Crippen molar-refractivity contribution in [2.24, 2.45) is 0 Å². The fourth-order valence-corrected chi connectivity index (χ4v) is 2.26. The molecule has 0 amide bonds. The molecule has 0 unspecified atom stereocenters. The first-order chi connectivity index (χ1) is 10.7. The van der Waals surface area contributed by atoms with Crippen LogP contribution in [0.25, 0.3) is 11.0 Å².